The molecular weight excluding hydrogens is 512 g/mol. The van der Waals surface area contributed by atoms with Gasteiger partial charge in [0.2, 0.25) is 0 Å². The second-order valence-electron chi connectivity index (χ2n) is 9.34. The van der Waals surface area contributed by atoms with Crippen molar-refractivity contribution in [2.75, 3.05) is 6.54 Å². The quantitative estimate of drug-likeness (QED) is 0.120. The van der Waals surface area contributed by atoms with Crippen LogP contribution < -0.4 is 9.47 Å². The highest BCUT2D eigenvalue weighted by atomic mass is 16.6. The van der Waals surface area contributed by atoms with Gasteiger partial charge in [0.25, 0.3) is 11.4 Å². The van der Waals surface area contributed by atoms with Crippen molar-refractivity contribution in [1.82, 2.24) is 0 Å². The highest BCUT2D eigenvalue weighted by Gasteiger charge is 2.27. The molecule has 0 unspecified atom stereocenters. The Morgan fingerprint density at radius 2 is 1.00 bits per heavy atom. The Kier molecular flexibility index (Phi) is 7.61. The van der Waals surface area contributed by atoms with Crippen molar-refractivity contribution in [1.29, 1.82) is 0 Å². The predicted molar refractivity (Wildman–Crippen MR) is 149 cm³/mol. The van der Waals surface area contributed by atoms with Crippen LogP contribution >= 0.6 is 0 Å². The summed E-state index contributed by atoms with van der Waals surface area (Å²) >= 11 is 0. The summed E-state index contributed by atoms with van der Waals surface area (Å²) < 4.78 is 12.3. The minimum Gasteiger partial charge on any atom is -0.457 e. The Morgan fingerprint density at radius 3 is 1.32 bits per heavy atom. The van der Waals surface area contributed by atoms with Gasteiger partial charge in [-0.05, 0) is 72.8 Å². The minimum absolute atomic E-state index is 0.0153. The Balaban J connectivity index is 1.24. The molecule has 1 aliphatic heterocycles. The van der Waals surface area contributed by atoms with Crippen LogP contribution in [0.1, 0.15) is 11.1 Å². The van der Waals surface area contributed by atoms with Crippen LogP contribution in [0, 0.1) is 20.2 Å². The third-order valence-electron chi connectivity index (χ3n) is 6.43. The average molecular weight is 538 g/mol. The first-order chi connectivity index (χ1) is 19.4. The molecule has 5 rings (SSSR count). The minimum atomic E-state index is -0.443. The third kappa shape index (κ3) is 6.55. The largest absolute Gasteiger partial charge is 0.457 e. The van der Waals surface area contributed by atoms with E-state index in [1.165, 1.54) is 24.3 Å². The van der Waals surface area contributed by atoms with Crippen LogP contribution in [0.15, 0.2) is 114 Å². The highest BCUT2D eigenvalue weighted by Crippen LogP contribution is 2.28. The molecule has 0 atom stereocenters. The Morgan fingerprint density at radius 1 is 0.625 bits per heavy atom. The van der Waals surface area contributed by atoms with Gasteiger partial charge in [-0.25, -0.2) is 0 Å². The molecule has 40 heavy (non-hydrogen) atoms. The van der Waals surface area contributed by atoms with E-state index in [2.05, 4.69) is 11.2 Å². The zero-order valence-electron chi connectivity index (χ0n) is 21.3. The first-order valence-corrected chi connectivity index (χ1v) is 12.5. The van der Waals surface area contributed by atoms with E-state index >= 15 is 0 Å². The maximum absolute atomic E-state index is 10.8. The van der Waals surface area contributed by atoms with Gasteiger partial charge in [-0.2, -0.15) is 0 Å². The maximum atomic E-state index is 10.8. The van der Waals surface area contributed by atoms with Crippen LogP contribution in [0.5, 0.6) is 23.0 Å². The summed E-state index contributed by atoms with van der Waals surface area (Å²) in [6, 6.07) is 27.6. The lowest BCUT2D eigenvalue weighted by molar-refractivity contribution is -0.897. The summed E-state index contributed by atoms with van der Waals surface area (Å²) in [5.74, 6) is 2.34. The van der Waals surface area contributed by atoms with Crippen LogP contribution in [-0.2, 0) is 13.1 Å². The molecule has 0 N–H and O–H groups in total. The second kappa shape index (κ2) is 11.6. The van der Waals surface area contributed by atoms with E-state index in [0.717, 1.165) is 30.8 Å². The summed E-state index contributed by atoms with van der Waals surface area (Å²) in [5.41, 5.74) is 2.27. The van der Waals surface area contributed by atoms with Crippen LogP contribution in [0.3, 0.4) is 0 Å². The first-order valence-electron chi connectivity index (χ1n) is 12.5. The number of nitrogens with zero attached hydrogens (tertiary/aromatic N) is 4. The van der Waals surface area contributed by atoms with Crippen LogP contribution in [-0.4, -0.2) is 27.1 Å². The van der Waals surface area contributed by atoms with Crippen LogP contribution in [0.2, 0.25) is 0 Å². The molecule has 1 aliphatic rings. The number of hydrogen-bond donors (Lipinski definition) is 0. The Hall–Kier alpha value is -5.35. The van der Waals surface area contributed by atoms with Crippen molar-refractivity contribution >= 4 is 17.6 Å². The maximum Gasteiger partial charge on any atom is 0.269 e. The molecule has 10 nitrogen and oxygen atoms in total. The molecule has 0 saturated carbocycles. The van der Waals surface area contributed by atoms with Gasteiger partial charge in [-0.3, -0.25) is 29.7 Å². The average Bonchev–Trinajstić information content (AvgIpc) is 2.96. The number of nitro groups is 2. The molecule has 0 amide bonds. The van der Waals surface area contributed by atoms with Crippen molar-refractivity contribution in [2.45, 2.75) is 13.1 Å². The third-order valence-corrected chi connectivity index (χ3v) is 6.43. The molecule has 0 aromatic heterocycles. The monoisotopic (exact) mass is 537 g/mol. The number of benzene rings is 4. The Bertz CT molecular complexity index is 1440. The van der Waals surface area contributed by atoms with Gasteiger partial charge < -0.3 is 9.47 Å². The summed E-state index contributed by atoms with van der Waals surface area (Å²) in [6.07, 6.45) is 5.84. The lowest BCUT2D eigenvalue weighted by Crippen LogP contribution is -2.43. The molecule has 0 spiro atoms. The standard InChI is InChI=1S/C30H25N4O6/c35-32(36)25-5-13-29(14-6-25)39-27-9-1-23(2-10-27)21-34(19-17-31-18-20-34)22-24-3-11-28(12-4-24)40-30-15-7-26(8-16-30)33(37)38/h1-19H,20-22H2/q+1. The molecule has 10 heteroatoms. The fraction of sp³-hybridized carbons (Fsp3) is 0.100. The van der Waals surface area contributed by atoms with E-state index in [-0.39, 0.29) is 11.4 Å². The van der Waals surface area contributed by atoms with E-state index < -0.39 is 9.85 Å². The lowest BCUT2D eigenvalue weighted by Gasteiger charge is -2.35. The molecule has 0 aliphatic carbocycles. The molecule has 0 fully saturated rings. The topological polar surface area (TPSA) is 117 Å². The smallest absolute Gasteiger partial charge is 0.269 e. The molecule has 4 aromatic rings. The summed E-state index contributed by atoms with van der Waals surface area (Å²) in [4.78, 5) is 25.1. The van der Waals surface area contributed by atoms with E-state index in [9.17, 15) is 20.2 Å². The number of rotatable bonds is 10. The predicted octanol–water partition coefficient (Wildman–Crippen LogP) is 7.16. The highest BCUT2D eigenvalue weighted by molar-refractivity contribution is 5.60. The summed E-state index contributed by atoms with van der Waals surface area (Å²) in [6.45, 7) is 2.21. The number of aliphatic imine (C=N–C) groups is 1. The zero-order valence-corrected chi connectivity index (χ0v) is 21.3. The summed E-state index contributed by atoms with van der Waals surface area (Å²) in [7, 11) is 0. The van der Waals surface area contributed by atoms with E-state index in [4.69, 9.17) is 9.47 Å². The fourth-order valence-corrected chi connectivity index (χ4v) is 4.40. The molecule has 0 saturated heterocycles. The fourth-order valence-electron chi connectivity index (χ4n) is 4.40. The van der Waals surface area contributed by atoms with Crippen molar-refractivity contribution in [3.8, 4) is 23.0 Å². The molecule has 0 radical (unpaired) electrons. The van der Waals surface area contributed by atoms with Crippen LogP contribution in [0.4, 0.5) is 11.4 Å². The molecule has 200 valence electrons. The van der Waals surface area contributed by atoms with Gasteiger partial charge in [-0.15, -0.1) is 0 Å². The summed E-state index contributed by atoms with van der Waals surface area (Å²) in [5, 5.41) is 21.7. The number of non-ortho nitro benzene ring substituents is 2. The van der Waals surface area contributed by atoms with Crippen molar-refractivity contribution in [3.63, 3.8) is 0 Å². The number of quaternary nitrogens is 1. The van der Waals surface area contributed by atoms with Crippen LogP contribution in [0.25, 0.3) is 0 Å². The van der Waals surface area contributed by atoms with Crippen molar-refractivity contribution in [3.05, 3.63) is 141 Å². The molecule has 4 aromatic carbocycles. The van der Waals surface area contributed by atoms with Gasteiger partial charge in [0, 0.05) is 35.4 Å². The zero-order chi connectivity index (χ0) is 28.0. The lowest BCUT2D eigenvalue weighted by atomic mass is 10.1. The van der Waals surface area contributed by atoms with E-state index in [1.807, 2.05) is 60.9 Å². The number of hydrogen-bond acceptors (Lipinski definition) is 7. The molecular formula is C30H25N4O6+. The SMILES string of the molecule is O=[N+]([O-])c1ccc(Oc2ccc(C[N+]3(Cc4ccc(Oc5ccc([N+](=O)[O-])cc5)cc4)C=CN=CC3)cc2)cc1. The Labute approximate surface area is 229 Å². The number of ether oxygens (including phenoxy) is 2. The number of nitro benzene ring substituents is 2. The van der Waals surface area contributed by atoms with Gasteiger partial charge in [-0.1, -0.05) is 0 Å². The van der Waals surface area contributed by atoms with Gasteiger partial charge in [0.15, 0.2) is 0 Å². The van der Waals surface area contributed by atoms with Gasteiger partial charge >= 0.3 is 0 Å². The van der Waals surface area contributed by atoms with Gasteiger partial charge in [0.05, 0.1) is 22.3 Å². The van der Waals surface area contributed by atoms with E-state index in [1.54, 1.807) is 24.3 Å². The first kappa shape index (κ1) is 26.3. The second-order valence-corrected chi connectivity index (χ2v) is 9.34. The molecule has 1 heterocycles. The normalized spacial score (nSPS) is 13.5. The van der Waals surface area contributed by atoms with Crippen molar-refractivity contribution < 1.29 is 23.8 Å². The molecule has 0 bridgehead atoms. The van der Waals surface area contributed by atoms with Gasteiger partial charge in [0.1, 0.15) is 48.8 Å². The van der Waals surface area contributed by atoms with E-state index in [0.29, 0.717) is 27.5 Å². The van der Waals surface area contributed by atoms with Crippen molar-refractivity contribution in [2.24, 2.45) is 4.99 Å².